The van der Waals surface area contributed by atoms with E-state index in [9.17, 15) is 0 Å². The molecule has 1 rings (SSSR count). The lowest BCUT2D eigenvalue weighted by Crippen LogP contribution is -2.39. The van der Waals surface area contributed by atoms with Gasteiger partial charge in [0.05, 0.1) is 11.7 Å². The summed E-state index contributed by atoms with van der Waals surface area (Å²) < 4.78 is 6.02. The fourth-order valence-corrected chi connectivity index (χ4v) is 2.23. The summed E-state index contributed by atoms with van der Waals surface area (Å²) in [4.78, 5) is 0. The molecule has 0 radical (unpaired) electrons. The predicted octanol–water partition coefficient (Wildman–Crippen LogP) is 2.72. The van der Waals surface area contributed by atoms with Crippen LogP contribution in [0.1, 0.15) is 53.4 Å². The van der Waals surface area contributed by atoms with Gasteiger partial charge < -0.3 is 10.1 Å². The number of nitrogens with one attached hydrogen (secondary N) is 1. The molecule has 0 spiro atoms. The van der Waals surface area contributed by atoms with Gasteiger partial charge in [-0.25, -0.2) is 0 Å². The van der Waals surface area contributed by atoms with E-state index in [0.29, 0.717) is 12.1 Å². The van der Waals surface area contributed by atoms with Crippen molar-refractivity contribution in [2.45, 2.75) is 71.1 Å². The molecule has 0 aromatic heterocycles. The number of hydrogen-bond donors (Lipinski definition) is 1. The van der Waals surface area contributed by atoms with Crippen molar-refractivity contribution in [2.24, 2.45) is 0 Å². The van der Waals surface area contributed by atoms with E-state index in [4.69, 9.17) is 4.74 Å². The number of rotatable bonds is 3. The van der Waals surface area contributed by atoms with Crippen molar-refractivity contribution >= 4 is 0 Å². The maximum atomic E-state index is 6.02. The molecule has 1 saturated carbocycles. The molecule has 0 saturated heterocycles. The summed E-state index contributed by atoms with van der Waals surface area (Å²) in [6.07, 6.45) is 5.51. The number of ether oxygens (including phenoxy) is 1. The van der Waals surface area contributed by atoms with Crippen LogP contribution < -0.4 is 5.32 Å². The summed E-state index contributed by atoms with van der Waals surface area (Å²) in [5, 5.41) is 3.52. The van der Waals surface area contributed by atoms with Crippen LogP contribution >= 0.6 is 0 Å². The molecular formula is C12H25NO. The lowest BCUT2D eigenvalue weighted by molar-refractivity contribution is -0.0774. The molecule has 1 aliphatic rings. The van der Waals surface area contributed by atoms with E-state index in [1.54, 1.807) is 0 Å². The van der Waals surface area contributed by atoms with Crippen LogP contribution in [-0.2, 0) is 4.74 Å². The zero-order valence-corrected chi connectivity index (χ0v) is 10.1. The van der Waals surface area contributed by atoms with Gasteiger partial charge in [0, 0.05) is 6.04 Å². The second-order valence-corrected chi connectivity index (χ2v) is 5.27. The predicted molar refractivity (Wildman–Crippen MR) is 60.6 cm³/mol. The smallest absolute Gasteiger partial charge is 0.0602 e. The molecule has 1 fully saturated rings. The fraction of sp³-hybridized carbons (Fsp3) is 1.00. The molecular weight excluding hydrogens is 174 g/mol. The zero-order chi connectivity index (χ0) is 10.6. The Balaban J connectivity index is 2.32. The van der Waals surface area contributed by atoms with Crippen molar-refractivity contribution in [3.05, 3.63) is 0 Å². The third-order valence-electron chi connectivity index (χ3n) is 2.64. The van der Waals surface area contributed by atoms with Gasteiger partial charge in [0.25, 0.3) is 0 Å². The molecule has 0 heterocycles. The largest absolute Gasteiger partial charge is 0.373 e. The average molecular weight is 199 g/mol. The SMILES string of the molecule is CCNC1CCCC(OC(C)(C)C)C1. The van der Waals surface area contributed by atoms with E-state index < -0.39 is 0 Å². The lowest BCUT2D eigenvalue weighted by atomic mass is 9.92. The molecule has 2 atom stereocenters. The van der Waals surface area contributed by atoms with Gasteiger partial charge in [-0.05, 0) is 53.0 Å². The maximum Gasteiger partial charge on any atom is 0.0602 e. The van der Waals surface area contributed by atoms with Crippen molar-refractivity contribution in [3.63, 3.8) is 0 Å². The third-order valence-corrected chi connectivity index (χ3v) is 2.64. The van der Waals surface area contributed by atoms with E-state index in [1.165, 1.54) is 25.7 Å². The highest BCUT2D eigenvalue weighted by Gasteiger charge is 2.25. The molecule has 2 heteroatoms. The Morgan fingerprint density at radius 1 is 1.29 bits per heavy atom. The molecule has 0 amide bonds. The van der Waals surface area contributed by atoms with Crippen molar-refractivity contribution in [1.82, 2.24) is 5.32 Å². The van der Waals surface area contributed by atoms with Crippen LogP contribution in [0.5, 0.6) is 0 Å². The molecule has 0 aliphatic heterocycles. The van der Waals surface area contributed by atoms with Crippen LogP contribution in [0.25, 0.3) is 0 Å². The summed E-state index contributed by atoms with van der Waals surface area (Å²) in [6, 6.07) is 0.682. The first kappa shape index (κ1) is 12.0. The van der Waals surface area contributed by atoms with Gasteiger partial charge in [-0.15, -0.1) is 0 Å². The standard InChI is InChI=1S/C12H25NO/c1-5-13-10-7-6-8-11(9-10)14-12(2,3)4/h10-11,13H,5-9H2,1-4H3. The van der Waals surface area contributed by atoms with E-state index in [2.05, 4.69) is 33.0 Å². The van der Waals surface area contributed by atoms with Gasteiger partial charge >= 0.3 is 0 Å². The van der Waals surface area contributed by atoms with Gasteiger partial charge in [-0.2, -0.15) is 0 Å². The van der Waals surface area contributed by atoms with Gasteiger partial charge in [0.15, 0.2) is 0 Å². The first-order chi connectivity index (χ1) is 6.51. The highest BCUT2D eigenvalue weighted by atomic mass is 16.5. The zero-order valence-electron chi connectivity index (χ0n) is 10.1. The topological polar surface area (TPSA) is 21.3 Å². The molecule has 84 valence electrons. The van der Waals surface area contributed by atoms with Crippen LogP contribution in [0.15, 0.2) is 0 Å². The van der Waals surface area contributed by atoms with Gasteiger partial charge in [0.2, 0.25) is 0 Å². The Morgan fingerprint density at radius 3 is 2.57 bits per heavy atom. The summed E-state index contributed by atoms with van der Waals surface area (Å²) >= 11 is 0. The monoisotopic (exact) mass is 199 g/mol. The first-order valence-corrected chi connectivity index (χ1v) is 5.92. The Labute approximate surface area is 88.4 Å². The maximum absolute atomic E-state index is 6.02. The van der Waals surface area contributed by atoms with Crippen molar-refractivity contribution in [2.75, 3.05) is 6.54 Å². The second-order valence-electron chi connectivity index (χ2n) is 5.27. The van der Waals surface area contributed by atoms with Crippen LogP contribution in [0.3, 0.4) is 0 Å². The van der Waals surface area contributed by atoms with Gasteiger partial charge in [-0.1, -0.05) is 6.92 Å². The molecule has 1 N–H and O–H groups in total. The minimum atomic E-state index is 0.0127. The summed E-state index contributed by atoms with van der Waals surface area (Å²) in [6.45, 7) is 9.68. The molecule has 2 nitrogen and oxygen atoms in total. The highest BCUT2D eigenvalue weighted by molar-refractivity contribution is 4.79. The summed E-state index contributed by atoms with van der Waals surface area (Å²) in [5.41, 5.74) is 0.0127. The van der Waals surface area contributed by atoms with E-state index in [-0.39, 0.29) is 5.60 Å². The van der Waals surface area contributed by atoms with Gasteiger partial charge in [-0.3, -0.25) is 0 Å². The Hall–Kier alpha value is -0.0800. The van der Waals surface area contributed by atoms with Crippen molar-refractivity contribution in [3.8, 4) is 0 Å². The number of hydrogen-bond acceptors (Lipinski definition) is 2. The lowest BCUT2D eigenvalue weighted by Gasteiger charge is -2.34. The second kappa shape index (κ2) is 5.13. The summed E-state index contributed by atoms with van der Waals surface area (Å²) in [7, 11) is 0. The van der Waals surface area contributed by atoms with Crippen LogP contribution in [0, 0.1) is 0 Å². The Kier molecular flexibility index (Phi) is 4.39. The molecule has 0 aromatic rings. The van der Waals surface area contributed by atoms with Crippen molar-refractivity contribution in [1.29, 1.82) is 0 Å². The van der Waals surface area contributed by atoms with Crippen molar-refractivity contribution < 1.29 is 4.74 Å². The fourth-order valence-electron chi connectivity index (χ4n) is 2.23. The Bertz CT molecular complexity index is 160. The van der Waals surface area contributed by atoms with Gasteiger partial charge in [0.1, 0.15) is 0 Å². The minimum Gasteiger partial charge on any atom is -0.373 e. The molecule has 0 bridgehead atoms. The van der Waals surface area contributed by atoms with Crippen LogP contribution in [0.2, 0.25) is 0 Å². The quantitative estimate of drug-likeness (QED) is 0.754. The van der Waals surface area contributed by atoms with E-state index >= 15 is 0 Å². The van der Waals surface area contributed by atoms with Crippen LogP contribution in [0.4, 0.5) is 0 Å². The van der Waals surface area contributed by atoms with E-state index in [1.807, 2.05) is 0 Å². The highest BCUT2D eigenvalue weighted by Crippen LogP contribution is 2.25. The molecule has 2 unspecified atom stereocenters. The molecule has 0 aromatic carbocycles. The molecule has 1 aliphatic carbocycles. The first-order valence-electron chi connectivity index (χ1n) is 5.92. The Morgan fingerprint density at radius 2 is 2.00 bits per heavy atom. The van der Waals surface area contributed by atoms with E-state index in [0.717, 1.165) is 6.54 Å². The minimum absolute atomic E-state index is 0.0127. The third kappa shape index (κ3) is 4.43. The average Bonchev–Trinajstić information content (AvgIpc) is 2.02. The molecule has 14 heavy (non-hydrogen) atoms. The normalized spacial score (nSPS) is 29.1. The summed E-state index contributed by atoms with van der Waals surface area (Å²) in [5.74, 6) is 0. The van der Waals surface area contributed by atoms with Crippen LogP contribution in [-0.4, -0.2) is 24.3 Å².